The lowest BCUT2D eigenvalue weighted by atomic mass is 9.95. The molecule has 1 unspecified atom stereocenters. The molecule has 1 aliphatic carbocycles. The van der Waals surface area contributed by atoms with Crippen LogP contribution in [0.3, 0.4) is 0 Å². The molecule has 25 heavy (non-hydrogen) atoms. The van der Waals surface area contributed by atoms with Crippen molar-refractivity contribution in [2.45, 2.75) is 44.2 Å². The molecule has 6 nitrogen and oxygen atoms in total. The summed E-state index contributed by atoms with van der Waals surface area (Å²) in [7, 11) is 0. The van der Waals surface area contributed by atoms with Gasteiger partial charge < -0.3 is 20.7 Å². The second-order valence-electron chi connectivity index (χ2n) is 6.56. The lowest BCUT2D eigenvalue weighted by molar-refractivity contribution is -0.128. The van der Waals surface area contributed by atoms with E-state index < -0.39 is 6.10 Å². The van der Waals surface area contributed by atoms with Crippen molar-refractivity contribution in [3.63, 3.8) is 0 Å². The van der Waals surface area contributed by atoms with Crippen LogP contribution in [0.5, 0.6) is 0 Å². The highest BCUT2D eigenvalue weighted by Gasteiger charge is 2.23. The lowest BCUT2D eigenvalue weighted by Gasteiger charge is -2.24. The Morgan fingerprint density at radius 3 is 2.72 bits per heavy atom. The maximum absolute atomic E-state index is 12.5. The first kappa shape index (κ1) is 18.2. The van der Waals surface area contributed by atoms with Crippen LogP contribution >= 0.6 is 11.6 Å². The monoisotopic (exact) mass is 365 g/mol. The third kappa shape index (κ3) is 4.93. The summed E-state index contributed by atoms with van der Waals surface area (Å²) in [6.45, 7) is 1.73. The number of amides is 2. The van der Waals surface area contributed by atoms with Gasteiger partial charge in [-0.15, -0.1) is 0 Å². The normalized spacial score (nSPS) is 21.6. The lowest BCUT2D eigenvalue weighted by Crippen LogP contribution is -2.45. The molecule has 0 radical (unpaired) electrons. The summed E-state index contributed by atoms with van der Waals surface area (Å²) >= 11 is 6.19. The van der Waals surface area contributed by atoms with Gasteiger partial charge in [-0.05, 0) is 31.0 Å². The molecule has 1 saturated heterocycles. The van der Waals surface area contributed by atoms with Crippen molar-refractivity contribution in [3.8, 4) is 0 Å². The molecule has 2 amide bonds. The third-order valence-electron chi connectivity index (χ3n) is 4.64. The van der Waals surface area contributed by atoms with Gasteiger partial charge in [0.05, 0.1) is 17.2 Å². The van der Waals surface area contributed by atoms with Gasteiger partial charge in [0, 0.05) is 24.8 Å². The fourth-order valence-corrected chi connectivity index (χ4v) is 3.45. The van der Waals surface area contributed by atoms with Crippen molar-refractivity contribution in [1.29, 1.82) is 0 Å². The van der Waals surface area contributed by atoms with Gasteiger partial charge in [0.15, 0.2) is 0 Å². The van der Waals surface area contributed by atoms with E-state index in [1.54, 1.807) is 18.2 Å². The number of hydrogen-bond acceptors (Lipinski definition) is 4. The predicted octanol–water partition coefficient (Wildman–Crippen LogP) is 2.33. The largest absolute Gasteiger partial charge is 0.366 e. The Bertz CT molecular complexity index is 626. The van der Waals surface area contributed by atoms with Crippen LogP contribution in [-0.2, 0) is 9.53 Å². The molecule has 1 atom stereocenters. The molecule has 7 heteroatoms. The summed E-state index contributed by atoms with van der Waals surface area (Å²) in [6.07, 6.45) is 5.00. The molecule has 136 valence electrons. The van der Waals surface area contributed by atoms with E-state index in [0.29, 0.717) is 29.4 Å². The SMILES string of the molecule is O=C(NC1CCCCC1)c1cc(NC(=O)C2CNCCO2)ccc1Cl. The number of benzene rings is 1. The van der Waals surface area contributed by atoms with Crippen LogP contribution in [0.1, 0.15) is 42.5 Å². The van der Waals surface area contributed by atoms with Crippen LogP contribution in [0, 0.1) is 0 Å². The number of halogens is 1. The van der Waals surface area contributed by atoms with Gasteiger partial charge in [-0.25, -0.2) is 0 Å². The number of anilines is 1. The van der Waals surface area contributed by atoms with Gasteiger partial charge in [0.25, 0.3) is 11.8 Å². The van der Waals surface area contributed by atoms with Gasteiger partial charge in [0.1, 0.15) is 6.10 Å². The van der Waals surface area contributed by atoms with Crippen molar-refractivity contribution in [3.05, 3.63) is 28.8 Å². The third-order valence-corrected chi connectivity index (χ3v) is 4.97. The van der Waals surface area contributed by atoms with E-state index in [9.17, 15) is 9.59 Å². The van der Waals surface area contributed by atoms with Crippen molar-refractivity contribution in [1.82, 2.24) is 10.6 Å². The summed E-state index contributed by atoms with van der Waals surface area (Å²) in [5.74, 6) is -0.420. The van der Waals surface area contributed by atoms with Gasteiger partial charge in [-0.1, -0.05) is 30.9 Å². The summed E-state index contributed by atoms with van der Waals surface area (Å²) in [6, 6.07) is 5.15. The Morgan fingerprint density at radius 1 is 1.20 bits per heavy atom. The highest BCUT2D eigenvalue weighted by Crippen LogP contribution is 2.23. The minimum absolute atomic E-state index is 0.191. The van der Waals surface area contributed by atoms with Crippen molar-refractivity contribution in [2.75, 3.05) is 25.0 Å². The van der Waals surface area contributed by atoms with Crippen LogP contribution in [0.4, 0.5) is 5.69 Å². The first-order chi connectivity index (χ1) is 12.1. The minimum atomic E-state index is -0.524. The highest BCUT2D eigenvalue weighted by molar-refractivity contribution is 6.34. The van der Waals surface area contributed by atoms with Crippen molar-refractivity contribution >= 4 is 29.1 Å². The number of morpholine rings is 1. The van der Waals surface area contributed by atoms with E-state index in [1.165, 1.54) is 6.42 Å². The standard InChI is InChI=1S/C18H24ClN3O3/c19-15-7-6-13(22-18(24)16-11-20-8-9-25-16)10-14(15)17(23)21-12-4-2-1-3-5-12/h6-7,10,12,16,20H,1-5,8-9,11H2,(H,21,23)(H,22,24). The molecule has 0 bridgehead atoms. The quantitative estimate of drug-likeness (QED) is 0.765. The summed E-state index contributed by atoms with van der Waals surface area (Å²) in [4.78, 5) is 24.8. The summed E-state index contributed by atoms with van der Waals surface area (Å²) in [5.41, 5.74) is 0.921. The van der Waals surface area contributed by atoms with Gasteiger partial charge >= 0.3 is 0 Å². The summed E-state index contributed by atoms with van der Waals surface area (Å²) in [5, 5.41) is 9.34. The van der Waals surface area contributed by atoms with Gasteiger partial charge in [-0.2, -0.15) is 0 Å². The van der Waals surface area contributed by atoms with Crippen LogP contribution < -0.4 is 16.0 Å². The van der Waals surface area contributed by atoms with Gasteiger partial charge in [-0.3, -0.25) is 9.59 Å². The maximum Gasteiger partial charge on any atom is 0.254 e. The molecule has 1 saturated carbocycles. The first-order valence-corrected chi connectivity index (χ1v) is 9.25. The average Bonchev–Trinajstić information content (AvgIpc) is 2.64. The average molecular weight is 366 g/mol. The Kier molecular flexibility index (Phi) is 6.29. The fourth-order valence-electron chi connectivity index (χ4n) is 3.24. The number of carbonyl (C=O) groups excluding carboxylic acids is 2. The van der Waals surface area contributed by atoms with Crippen LogP contribution in [-0.4, -0.2) is 43.7 Å². The molecule has 1 aromatic rings. The second-order valence-corrected chi connectivity index (χ2v) is 6.96. The Hall–Kier alpha value is -1.63. The zero-order chi connectivity index (χ0) is 17.6. The van der Waals surface area contributed by atoms with Crippen molar-refractivity contribution in [2.24, 2.45) is 0 Å². The van der Waals surface area contributed by atoms with E-state index in [4.69, 9.17) is 16.3 Å². The zero-order valence-corrected chi connectivity index (χ0v) is 14.9. The molecule has 2 aliphatic rings. The van der Waals surface area contributed by atoms with Crippen LogP contribution in [0.15, 0.2) is 18.2 Å². The minimum Gasteiger partial charge on any atom is -0.366 e. The zero-order valence-electron chi connectivity index (χ0n) is 14.1. The highest BCUT2D eigenvalue weighted by atomic mass is 35.5. The predicted molar refractivity (Wildman–Crippen MR) is 97.0 cm³/mol. The Labute approximate surface area is 152 Å². The van der Waals surface area contributed by atoms with Crippen LogP contribution in [0.25, 0.3) is 0 Å². The van der Waals surface area contributed by atoms with Crippen molar-refractivity contribution < 1.29 is 14.3 Å². The first-order valence-electron chi connectivity index (χ1n) is 8.87. The molecular weight excluding hydrogens is 342 g/mol. The van der Waals surface area contributed by atoms with E-state index in [-0.39, 0.29) is 17.9 Å². The molecule has 1 heterocycles. The van der Waals surface area contributed by atoms with E-state index in [0.717, 1.165) is 32.2 Å². The van der Waals surface area contributed by atoms with Gasteiger partial charge in [0.2, 0.25) is 0 Å². The molecule has 2 fully saturated rings. The fraction of sp³-hybridized carbons (Fsp3) is 0.556. The maximum atomic E-state index is 12.5. The molecular formula is C18H24ClN3O3. The Balaban J connectivity index is 1.64. The van der Waals surface area contributed by atoms with E-state index in [1.807, 2.05) is 0 Å². The molecule has 3 rings (SSSR count). The molecule has 0 spiro atoms. The van der Waals surface area contributed by atoms with E-state index in [2.05, 4.69) is 16.0 Å². The molecule has 0 aromatic heterocycles. The number of hydrogen-bond donors (Lipinski definition) is 3. The van der Waals surface area contributed by atoms with E-state index >= 15 is 0 Å². The topological polar surface area (TPSA) is 79.5 Å². The number of carbonyl (C=O) groups is 2. The number of rotatable bonds is 4. The smallest absolute Gasteiger partial charge is 0.254 e. The molecule has 1 aliphatic heterocycles. The van der Waals surface area contributed by atoms with Crippen LogP contribution in [0.2, 0.25) is 5.02 Å². The Morgan fingerprint density at radius 2 is 2.00 bits per heavy atom. The molecule has 1 aromatic carbocycles. The molecule has 3 N–H and O–H groups in total. The number of ether oxygens (including phenoxy) is 1. The second kappa shape index (κ2) is 8.65. The summed E-state index contributed by atoms with van der Waals surface area (Å²) < 4.78 is 5.43. The number of nitrogens with one attached hydrogen (secondary N) is 3.